The Bertz CT molecular complexity index is 1490. The highest BCUT2D eigenvalue weighted by atomic mass is 79.9. The van der Waals surface area contributed by atoms with Crippen LogP contribution in [0.5, 0.6) is 5.75 Å². The Hall–Kier alpha value is -3.76. The molecule has 4 aromatic rings. The maximum absolute atomic E-state index is 11.3. The molecule has 37 heavy (non-hydrogen) atoms. The predicted octanol–water partition coefficient (Wildman–Crippen LogP) is 6.35. The highest BCUT2D eigenvalue weighted by Crippen LogP contribution is 2.44. The van der Waals surface area contributed by atoms with Gasteiger partial charge >= 0.3 is 0 Å². The van der Waals surface area contributed by atoms with Gasteiger partial charge in [0.25, 0.3) is 5.69 Å². The van der Waals surface area contributed by atoms with Crippen LogP contribution in [0.2, 0.25) is 0 Å². The number of pyridine rings is 1. The number of aryl methyl sites for hydroxylation is 1. The minimum absolute atomic E-state index is 0.0229. The van der Waals surface area contributed by atoms with Crippen LogP contribution < -0.4 is 15.0 Å². The zero-order valence-electron chi connectivity index (χ0n) is 20.4. The normalized spacial score (nSPS) is 17.1. The van der Waals surface area contributed by atoms with Crippen molar-refractivity contribution in [2.75, 3.05) is 12.0 Å². The largest absolute Gasteiger partial charge is 0.494 e. The minimum Gasteiger partial charge on any atom is -0.494 e. The fourth-order valence-electron chi connectivity index (χ4n) is 4.97. The highest BCUT2D eigenvalue weighted by molar-refractivity contribution is 9.10. The van der Waals surface area contributed by atoms with Gasteiger partial charge < -0.3 is 19.5 Å². The summed E-state index contributed by atoms with van der Waals surface area (Å²) in [6, 6.07) is 20.3. The average Bonchev–Trinajstić information content (AvgIpc) is 3.39. The molecule has 2 atom stereocenters. The molecule has 1 saturated heterocycles. The molecule has 5 rings (SSSR count). The van der Waals surface area contributed by atoms with Gasteiger partial charge in [-0.2, -0.15) is 0 Å². The number of nitrogens with zero attached hydrogens (tertiary/aromatic N) is 4. The quantitative estimate of drug-likeness (QED) is 0.162. The molecule has 1 aliphatic heterocycles. The maximum Gasteiger partial charge on any atom is 0.273 e. The second-order valence-electron chi connectivity index (χ2n) is 8.75. The SMILES string of the molecule is COc1cc([N+](=O)[O-])ccc1-n1c(C)cc([C@H]2[C@@H](c3ccccn3)NC(=S)N2c2ccc(Br)cc2)c1C. The van der Waals surface area contributed by atoms with E-state index in [4.69, 9.17) is 17.0 Å². The lowest BCUT2D eigenvalue weighted by molar-refractivity contribution is -0.384. The number of benzene rings is 2. The molecule has 10 heteroatoms. The zero-order valence-corrected chi connectivity index (χ0v) is 22.8. The number of halogens is 1. The van der Waals surface area contributed by atoms with Gasteiger partial charge in [0.1, 0.15) is 5.75 Å². The molecule has 0 radical (unpaired) electrons. The van der Waals surface area contributed by atoms with Gasteiger partial charge in [-0.15, -0.1) is 0 Å². The Morgan fingerprint density at radius 3 is 2.51 bits per heavy atom. The van der Waals surface area contributed by atoms with Gasteiger partial charge in [0.2, 0.25) is 0 Å². The van der Waals surface area contributed by atoms with Gasteiger partial charge in [0, 0.05) is 33.8 Å². The first-order valence-corrected chi connectivity index (χ1v) is 12.8. The fraction of sp³-hybridized carbons (Fsp3) is 0.185. The molecule has 0 bridgehead atoms. The molecular formula is C27H24BrN5O3S. The van der Waals surface area contributed by atoms with Crippen molar-refractivity contribution in [3.8, 4) is 11.4 Å². The van der Waals surface area contributed by atoms with E-state index < -0.39 is 4.92 Å². The molecule has 1 aliphatic rings. The highest BCUT2D eigenvalue weighted by Gasteiger charge is 2.42. The molecule has 0 saturated carbocycles. The number of hydrogen-bond donors (Lipinski definition) is 1. The van der Waals surface area contributed by atoms with Crippen LogP contribution in [0.4, 0.5) is 11.4 Å². The number of rotatable bonds is 6. The smallest absolute Gasteiger partial charge is 0.273 e. The van der Waals surface area contributed by atoms with Gasteiger partial charge in [-0.1, -0.05) is 22.0 Å². The van der Waals surface area contributed by atoms with Crippen molar-refractivity contribution in [2.24, 2.45) is 0 Å². The number of aromatic nitrogens is 2. The van der Waals surface area contributed by atoms with Gasteiger partial charge in [0.05, 0.1) is 41.6 Å². The lowest BCUT2D eigenvalue weighted by atomic mass is 9.96. The van der Waals surface area contributed by atoms with E-state index in [1.165, 1.54) is 19.2 Å². The lowest BCUT2D eigenvalue weighted by Gasteiger charge is -2.28. The zero-order chi connectivity index (χ0) is 26.3. The second kappa shape index (κ2) is 9.95. The first-order valence-electron chi connectivity index (χ1n) is 11.6. The number of non-ortho nitro benzene ring substituents is 1. The van der Waals surface area contributed by atoms with E-state index in [9.17, 15) is 10.1 Å². The number of anilines is 1. The Labute approximate surface area is 228 Å². The van der Waals surface area contributed by atoms with E-state index in [1.54, 1.807) is 12.3 Å². The Balaban J connectivity index is 1.68. The lowest BCUT2D eigenvalue weighted by Crippen LogP contribution is -2.29. The molecule has 0 unspecified atom stereocenters. The van der Waals surface area contributed by atoms with Crippen LogP contribution in [-0.4, -0.2) is 26.7 Å². The molecule has 0 amide bonds. The van der Waals surface area contributed by atoms with Crippen LogP contribution >= 0.6 is 28.1 Å². The Morgan fingerprint density at radius 2 is 1.86 bits per heavy atom. The molecule has 3 heterocycles. The van der Waals surface area contributed by atoms with Crippen molar-refractivity contribution in [2.45, 2.75) is 25.9 Å². The summed E-state index contributed by atoms with van der Waals surface area (Å²) in [5.41, 5.74) is 5.55. The number of nitrogens with one attached hydrogen (secondary N) is 1. The summed E-state index contributed by atoms with van der Waals surface area (Å²) >= 11 is 9.37. The molecule has 1 fully saturated rings. The number of methoxy groups -OCH3 is 1. The topological polar surface area (TPSA) is 85.5 Å². The molecule has 8 nitrogen and oxygen atoms in total. The van der Waals surface area contributed by atoms with E-state index in [-0.39, 0.29) is 17.8 Å². The van der Waals surface area contributed by atoms with E-state index in [1.807, 2.05) is 56.3 Å². The van der Waals surface area contributed by atoms with E-state index in [0.29, 0.717) is 10.9 Å². The van der Waals surface area contributed by atoms with Gasteiger partial charge in [-0.05, 0) is 80.2 Å². The number of ether oxygens (including phenoxy) is 1. The maximum atomic E-state index is 11.3. The number of hydrogen-bond acceptors (Lipinski definition) is 5. The molecule has 1 N–H and O–H groups in total. The summed E-state index contributed by atoms with van der Waals surface area (Å²) in [7, 11) is 1.52. The molecule has 0 aliphatic carbocycles. The summed E-state index contributed by atoms with van der Waals surface area (Å²) in [5.74, 6) is 0.425. The molecule has 188 valence electrons. The Morgan fingerprint density at radius 1 is 1.11 bits per heavy atom. The van der Waals surface area contributed by atoms with Crippen LogP contribution in [0.1, 0.15) is 34.7 Å². The summed E-state index contributed by atoms with van der Waals surface area (Å²) in [5, 5.41) is 15.4. The average molecular weight is 578 g/mol. The minimum atomic E-state index is -0.425. The fourth-order valence-corrected chi connectivity index (χ4v) is 5.58. The van der Waals surface area contributed by atoms with E-state index >= 15 is 0 Å². The summed E-state index contributed by atoms with van der Waals surface area (Å²) in [6.45, 7) is 4.05. The van der Waals surface area contributed by atoms with Crippen molar-refractivity contribution in [3.63, 3.8) is 0 Å². The third-order valence-corrected chi connectivity index (χ3v) is 7.45. The molecule has 0 spiro atoms. The third kappa shape index (κ3) is 4.47. The van der Waals surface area contributed by atoms with Gasteiger partial charge in [-0.3, -0.25) is 15.1 Å². The standard InChI is InChI=1S/C27H24BrN5O3S/c1-16-14-21(17(2)31(16)23-12-11-20(33(34)35)15-24(23)36-3)26-25(22-6-4-5-13-29-22)30-27(37)32(26)19-9-7-18(28)8-10-19/h4-15,25-26H,1-3H3,(H,30,37)/t25-,26+/m1/s1. The predicted molar refractivity (Wildman–Crippen MR) is 151 cm³/mol. The number of thiocarbonyl (C=S) groups is 1. The van der Waals surface area contributed by atoms with Crippen molar-refractivity contribution >= 4 is 44.6 Å². The number of nitro groups is 1. The van der Waals surface area contributed by atoms with Crippen LogP contribution in [0.15, 0.2) is 77.4 Å². The monoisotopic (exact) mass is 577 g/mol. The summed E-state index contributed by atoms with van der Waals surface area (Å²) < 4.78 is 8.61. The first kappa shape index (κ1) is 24.9. The van der Waals surface area contributed by atoms with Crippen LogP contribution in [0.25, 0.3) is 5.69 Å². The van der Waals surface area contributed by atoms with Crippen molar-refractivity contribution < 1.29 is 9.66 Å². The van der Waals surface area contributed by atoms with Crippen molar-refractivity contribution in [1.29, 1.82) is 0 Å². The summed E-state index contributed by atoms with van der Waals surface area (Å²) in [6.07, 6.45) is 1.78. The van der Waals surface area contributed by atoms with Crippen molar-refractivity contribution in [1.82, 2.24) is 14.9 Å². The summed E-state index contributed by atoms with van der Waals surface area (Å²) in [4.78, 5) is 17.7. The van der Waals surface area contributed by atoms with Crippen LogP contribution in [-0.2, 0) is 0 Å². The van der Waals surface area contributed by atoms with Crippen molar-refractivity contribution in [3.05, 3.63) is 110 Å². The molecular weight excluding hydrogens is 554 g/mol. The molecule has 2 aromatic heterocycles. The van der Waals surface area contributed by atoms with E-state index in [0.717, 1.165) is 38.5 Å². The Kier molecular flexibility index (Phi) is 6.70. The van der Waals surface area contributed by atoms with E-state index in [2.05, 4.69) is 41.8 Å². The van der Waals surface area contributed by atoms with Gasteiger partial charge in [-0.25, -0.2) is 0 Å². The first-order chi connectivity index (χ1) is 17.8. The van der Waals surface area contributed by atoms with Crippen LogP contribution in [0.3, 0.4) is 0 Å². The van der Waals surface area contributed by atoms with Crippen LogP contribution in [0, 0.1) is 24.0 Å². The third-order valence-electron chi connectivity index (χ3n) is 6.61. The second-order valence-corrected chi connectivity index (χ2v) is 10.1. The van der Waals surface area contributed by atoms with Gasteiger partial charge in [0.15, 0.2) is 5.11 Å². The molecule has 2 aromatic carbocycles. The number of nitro benzene ring substituents is 1.